The van der Waals surface area contributed by atoms with Crippen molar-refractivity contribution in [2.45, 2.75) is 18.8 Å². The van der Waals surface area contributed by atoms with Gasteiger partial charge >= 0.3 is 0 Å². The van der Waals surface area contributed by atoms with Gasteiger partial charge in [0.1, 0.15) is 16.8 Å². The molecular weight excluding hydrogens is 269 g/mol. The molecule has 1 aromatic carbocycles. The Bertz CT molecular complexity index is 582. The van der Waals surface area contributed by atoms with Crippen LogP contribution in [0.4, 0.5) is 11.5 Å². The minimum Gasteiger partial charge on any atom is -0.339 e. The molecule has 0 spiro atoms. The molecule has 0 radical (unpaired) electrons. The minimum absolute atomic E-state index is 0.460. The highest BCUT2D eigenvalue weighted by molar-refractivity contribution is 6.33. The molecule has 18 heavy (non-hydrogen) atoms. The second-order valence-corrected chi connectivity index (χ2v) is 5.11. The number of halogens is 2. The van der Waals surface area contributed by atoms with E-state index in [1.54, 1.807) is 6.07 Å². The third-order valence-corrected chi connectivity index (χ3v) is 3.31. The number of nitrogens with zero attached hydrogens (tertiary/aromatic N) is 2. The van der Waals surface area contributed by atoms with Crippen molar-refractivity contribution in [3.05, 3.63) is 46.3 Å². The Morgan fingerprint density at radius 1 is 1.11 bits per heavy atom. The molecule has 0 unspecified atom stereocenters. The van der Waals surface area contributed by atoms with E-state index in [1.165, 1.54) is 0 Å². The number of nitrogens with one attached hydrogen (secondary N) is 1. The number of rotatable bonds is 3. The summed E-state index contributed by atoms with van der Waals surface area (Å²) in [4.78, 5) is 8.71. The number of hydrogen-bond acceptors (Lipinski definition) is 3. The van der Waals surface area contributed by atoms with Crippen LogP contribution < -0.4 is 5.32 Å². The number of para-hydroxylation sites is 1. The summed E-state index contributed by atoms with van der Waals surface area (Å²) < 4.78 is 0. The molecular formula is C13H11Cl2N3. The van der Waals surface area contributed by atoms with Crippen molar-refractivity contribution >= 4 is 34.7 Å². The number of anilines is 2. The fourth-order valence-electron chi connectivity index (χ4n) is 1.72. The Kier molecular flexibility index (Phi) is 3.10. The van der Waals surface area contributed by atoms with Crippen molar-refractivity contribution in [1.29, 1.82) is 0 Å². The smallest absolute Gasteiger partial charge is 0.135 e. The highest BCUT2D eigenvalue weighted by Gasteiger charge is 2.27. The van der Waals surface area contributed by atoms with Gasteiger partial charge in [0, 0.05) is 12.0 Å². The molecule has 1 saturated carbocycles. The Balaban J connectivity index is 1.90. The molecule has 0 amide bonds. The Morgan fingerprint density at radius 2 is 1.89 bits per heavy atom. The first kappa shape index (κ1) is 11.8. The van der Waals surface area contributed by atoms with Gasteiger partial charge in [-0.1, -0.05) is 35.3 Å². The second kappa shape index (κ2) is 4.75. The monoisotopic (exact) mass is 279 g/mol. The van der Waals surface area contributed by atoms with Gasteiger partial charge < -0.3 is 5.32 Å². The molecule has 1 aliphatic rings. The van der Waals surface area contributed by atoms with E-state index in [0.29, 0.717) is 21.9 Å². The summed E-state index contributed by atoms with van der Waals surface area (Å²) in [6.45, 7) is 0. The Labute approximate surface area is 115 Å². The summed E-state index contributed by atoms with van der Waals surface area (Å²) in [5.41, 5.74) is 0.815. The number of hydrogen-bond donors (Lipinski definition) is 1. The lowest BCUT2D eigenvalue weighted by Crippen LogP contribution is -1.99. The molecule has 1 aromatic heterocycles. The first-order chi connectivity index (χ1) is 8.72. The molecule has 0 bridgehead atoms. The van der Waals surface area contributed by atoms with Crippen molar-refractivity contribution in [2.24, 2.45) is 0 Å². The van der Waals surface area contributed by atoms with E-state index in [4.69, 9.17) is 23.2 Å². The van der Waals surface area contributed by atoms with E-state index in [-0.39, 0.29) is 0 Å². The lowest BCUT2D eigenvalue weighted by molar-refractivity contribution is 0.931. The van der Waals surface area contributed by atoms with Crippen molar-refractivity contribution in [2.75, 3.05) is 5.32 Å². The standard InChI is InChI=1S/C13H11Cl2N3/c14-9-3-1-2-4-10(9)16-12-7-11(15)17-13(18-12)8-5-6-8/h1-4,7-8H,5-6H2,(H,16,17,18). The van der Waals surface area contributed by atoms with Crippen LogP contribution in [0.1, 0.15) is 24.6 Å². The van der Waals surface area contributed by atoms with Crippen LogP contribution in [0.5, 0.6) is 0 Å². The summed E-state index contributed by atoms with van der Waals surface area (Å²) in [5.74, 6) is 1.97. The van der Waals surface area contributed by atoms with Gasteiger partial charge in [-0.2, -0.15) is 0 Å². The lowest BCUT2D eigenvalue weighted by atomic mass is 10.3. The first-order valence-corrected chi connectivity index (χ1v) is 6.54. The van der Waals surface area contributed by atoms with Crippen LogP contribution in [0, 0.1) is 0 Å². The van der Waals surface area contributed by atoms with E-state index in [0.717, 1.165) is 24.4 Å². The van der Waals surface area contributed by atoms with Crippen LogP contribution in [0.25, 0.3) is 0 Å². The molecule has 92 valence electrons. The van der Waals surface area contributed by atoms with Crippen LogP contribution >= 0.6 is 23.2 Å². The maximum absolute atomic E-state index is 6.09. The molecule has 1 fully saturated rings. The van der Waals surface area contributed by atoms with Crippen LogP contribution in [0.15, 0.2) is 30.3 Å². The number of benzene rings is 1. The third-order valence-electron chi connectivity index (χ3n) is 2.79. The van der Waals surface area contributed by atoms with Crippen LogP contribution in [0.2, 0.25) is 10.2 Å². The van der Waals surface area contributed by atoms with Gasteiger partial charge in [-0.25, -0.2) is 9.97 Å². The summed E-state index contributed by atoms with van der Waals surface area (Å²) in [6.07, 6.45) is 2.29. The molecule has 3 nitrogen and oxygen atoms in total. The van der Waals surface area contributed by atoms with Crippen LogP contribution in [0.3, 0.4) is 0 Å². The van der Waals surface area contributed by atoms with Crippen molar-refractivity contribution in [3.8, 4) is 0 Å². The number of aromatic nitrogens is 2. The van der Waals surface area contributed by atoms with Gasteiger partial charge in [0.15, 0.2) is 0 Å². The largest absolute Gasteiger partial charge is 0.339 e. The van der Waals surface area contributed by atoms with Gasteiger partial charge in [0.05, 0.1) is 10.7 Å². The zero-order valence-electron chi connectivity index (χ0n) is 9.53. The van der Waals surface area contributed by atoms with Crippen molar-refractivity contribution in [1.82, 2.24) is 9.97 Å². The molecule has 3 rings (SSSR count). The molecule has 1 N–H and O–H groups in total. The second-order valence-electron chi connectivity index (χ2n) is 4.31. The quantitative estimate of drug-likeness (QED) is 0.846. The van der Waals surface area contributed by atoms with E-state index >= 15 is 0 Å². The maximum Gasteiger partial charge on any atom is 0.135 e. The highest BCUT2D eigenvalue weighted by Crippen LogP contribution is 2.39. The fraction of sp³-hybridized carbons (Fsp3) is 0.231. The van der Waals surface area contributed by atoms with Crippen LogP contribution in [-0.4, -0.2) is 9.97 Å². The summed E-state index contributed by atoms with van der Waals surface area (Å²) in [5, 5.41) is 4.28. The Hall–Kier alpha value is -1.32. The molecule has 2 aromatic rings. The minimum atomic E-state index is 0.460. The fourth-order valence-corrected chi connectivity index (χ4v) is 2.10. The summed E-state index contributed by atoms with van der Waals surface area (Å²) in [6, 6.07) is 9.23. The van der Waals surface area contributed by atoms with Gasteiger partial charge in [-0.05, 0) is 25.0 Å². The molecule has 0 saturated heterocycles. The van der Waals surface area contributed by atoms with Crippen molar-refractivity contribution < 1.29 is 0 Å². The lowest BCUT2D eigenvalue weighted by Gasteiger charge is -2.08. The van der Waals surface area contributed by atoms with E-state index in [2.05, 4.69) is 15.3 Å². The van der Waals surface area contributed by atoms with Gasteiger partial charge in [-0.15, -0.1) is 0 Å². The van der Waals surface area contributed by atoms with E-state index in [9.17, 15) is 0 Å². The van der Waals surface area contributed by atoms with Gasteiger partial charge in [0.2, 0.25) is 0 Å². The summed E-state index contributed by atoms with van der Waals surface area (Å²) >= 11 is 12.1. The zero-order chi connectivity index (χ0) is 12.5. The molecule has 5 heteroatoms. The average Bonchev–Trinajstić information content (AvgIpc) is 3.15. The average molecular weight is 280 g/mol. The normalized spacial score (nSPS) is 14.6. The Morgan fingerprint density at radius 3 is 2.61 bits per heavy atom. The zero-order valence-corrected chi connectivity index (χ0v) is 11.0. The summed E-state index contributed by atoms with van der Waals surface area (Å²) in [7, 11) is 0. The SMILES string of the molecule is Clc1cc(Nc2ccccc2Cl)nc(C2CC2)n1. The van der Waals surface area contributed by atoms with E-state index in [1.807, 2.05) is 24.3 Å². The molecule has 1 heterocycles. The van der Waals surface area contributed by atoms with Gasteiger partial charge in [-0.3, -0.25) is 0 Å². The van der Waals surface area contributed by atoms with Crippen LogP contribution in [-0.2, 0) is 0 Å². The molecule has 1 aliphatic carbocycles. The first-order valence-electron chi connectivity index (χ1n) is 5.78. The van der Waals surface area contributed by atoms with Gasteiger partial charge in [0.25, 0.3) is 0 Å². The van der Waals surface area contributed by atoms with E-state index < -0.39 is 0 Å². The maximum atomic E-state index is 6.09. The van der Waals surface area contributed by atoms with Crippen molar-refractivity contribution in [3.63, 3.8) is 0 Å². The molecule has 0 atom stereocenters. The predicted octanol–water partition coefficient (Wildman–Crippen LogP) is 4.40. The third kappa shape index (κ3) is 2.57. The highest BCUT2D eigenvalue weighted by atomic mass is 35.5. The molecule has 0 aliphatic heterocycles. The predicted molar refractivity (Wildman–Crippen MR) is 73.8 cm³/mol. The topological polar surface area (TPSA) is 37.8 Å².